The lowest BCUT2D eigenvalue weighted by molar-refractivity contribution is 0.233. The van der Waals surface area contributed by atoms with Crippen molar-refractivity contribution in [1.29, 1.82) is 0 Å². The standard InChI is InChI=1S/C27H27ClN4/c28-26-12-10-25(11-13-26)27(32-19-16-30-21-32,23-4-2-1-3-5-23)24-8-6-22(7-9-24)20-31-17-14-29-15-18-31/h1-13,16,19,21,29H,14-15,17-18,20H2. The van der Waals surface area contributed by atoms with E-state index in [2.05, 4.69) is 86.5 Å². The molecule has 1 fully saturated rings. The van der Waals surface area contributed by atoms with Crippen LogP contribution in [0.4, 0.5) is 0 Å². The van der Waals surface area contributed by atoms with Gasteiger partial charge in [0.15, 0.2) is 0 Å². The van der Waals surface area contributed by atoms with Crippen molar-refractivity contribution in [2.75, 3.05) is 26.2 Å². The Kier molecular flexibility index (Phi) is 6.08. The van der Waals surface area contributed by atoms with Crippen molar-refractivity contribution in [1.82, 2.24) is 19.8 Å². The molecule has 5 rings (SSSR count). The van der Waals surface area contributed by atoms with Gasteiger partial charge in [0.05, 0.1) is 6.33 Å². The molecular weight excluding hydrogens is 416 g/mol. The van der Waals surface area contributed by atoms with Gasteiger partial charge in [-0.05, 0) is 34.4 Å². The summed E-state index contributed by atoms with van der Waals surface area (Å²) < 4.78 is 2.19. The fraction of sp³-hybridized carbons (Fsp3) is 0.222. The number of nitrogens with one attached hydrogen (secondary N) is 1. The van der Waals surface area contributed by atoms with E-state index in [0.717, 1.165) is 43.3 Å². The zero-order chi connectivity index (χ0) is 21.8. The molecule has 5 heteroatoms. The lowest BCUT2D eigenvalue weighted by atomic mass is 9.76. The van der Waals surface area contributed by atoms with E-state index in [0.29, 0.717) is 0 Å². The van der Waals surface area contributed by atoms with Crippen LogP contribution in [0, 0.1) is 0 Å². The largest absolute Gasteiger partial charge is 0.319 e. The number of hydrogen-bond acceptors (Lipinski definition) is 3. The number of benzene rings is 3. The molecule has 1 atom stereocenters. The number of rotatable bonds is 6. The highest BCUT2D eigenvalue weighted by atomic mass is 35.5. The van der Waals surface area contributed by atoms with Gasteiger partial charge in [-0.2, -0.15) is 0 Å². The van der Waals surface area contributed by atoms with Crippen molar-refractivity contribution in [3.05, 3.63) is 125 Å². The molecule has 0 saturated carbocycles. The smallest absolute Gasteiger partial charge is 0.121 e. The second-order valence-corrected chi connectivity index (χ2v) is 8.71. The van der Waals surface area contributed by atoms with Crippen LogP contribution < -0.4 is 5.32 Å². The van der Waals surface area contributed by atoms with E-state index in [1.165, 1.54) is 16.7 Å². The van der Waals surface area contributed by atoms with Crippen molar-refractivity contribution in [2.24, 2.45) is 0 Å². The highest BCUT2D eigenvalue weighted by Gasteiger charge is 2.38. The van der Waals surface area contributed by atoms with Crippen molar-refractivity contribution in [3.63, 3.8) is 0 Å². The average Bonchev–Trinajstić information content (AvgIpc) is 3.38. The Balaban J connectivity index is 1.63. The zero-order valence-electron chi connectivity index (χ0n) is 18.0. The summed E-state index contributed by atoms with van der Waals surface area (Å²) in [6, 6.07) is 27.8. The van der Waals surface area contributed by atoms with E-state index < -0.39 is 5.54 Å². The van der Waals surface area contributed by atoms with Crippen LogP contribution in [0.3, 0.4) is 0 Å². The zero-order valence-corrected chi connectivity index (χ0v) is 18.7. The summed E-state index contributed by atoms with van der Waals surface area (Å²) in [6.07, 6.45) is 5.78. The van der Waals surface area contributed by atoms with Crippen molar-refractivity contribution in [3.8, 4) is 0 Å². The molecule has 1 saturated heterocycles. The molecule has 32 heavy (non-hydrogen) atoms. The van der Waals surface area contributed by atoms with Crippen LogP contribution in [-0.4, -0.2) is 40.6 Å². The predicted molar refractivity (Wildman–Crippen MR) is 130 cm³/mol. The van der Waals surface area contributed by atoms with Crippen LogP contribution >= 0.6 is 11.6 Å². The van der Waals surface area contributed by atoms with Crippen LogP contribution in [0.2, 0.25) is 5.02 Å². The first-order valence-electron chi connectivity index (χ1n) is 11.1. The predicted octanol–water partition coefficient (Wildman–Crippen LogP) is 4.78. The third kappa shape index (κ3) is 3.97. The fourth-order valence-electron chi connectivity index (χ4n) is 4.75. The monoisotopic (exact) mass is 442 g/mol. The Morgan fingerprint density at radius 3 is 2.06 bits per heavy atom. The number of hydrogen-bond donors (Lipinski definition) is 1. The molecule has 0 bridgehead atoms. The van der Waals surface area contributed by atoms with Gasteiger partial charge < -0.3 is 9.88 Å². The SMILES string of the molecule is Clc1ccc(C(c2ccccc2)(c2ccc(CN3CCNCC3)cc2)n2ccnc2)cc1. The van der Waals surface area contributed by atoms with Crippen molar-refractivity contribution < 1.29 is 0 Å². The molecule has 1 unspecified atom stereocenters. The summed E-state index contributed by atoms with van der Waals surface area (Å²) in [5, 5.41) is 4.16. The highest BCUT2D eigenvalue weighted by Crippen LogP contribution is 2.41. The van der Waals surface area contributed by atoms with Gasteiger partial charge in [-0.1, -0.05) is 78.3 Å². The number of nitrogens with zero attached hydrogens (tertiary/aromatic N) is 3. The molecule has 0 aliphatic carbocycles. The van der Waals surface area contributed by atoms with E-state index in [4.69, 9.17) is 11.6 Å². The molecule has 4 aromatic rings. The lowest BCUT2D eigenvalue weighted by Crippen LogP contribution is -2.42. The molecule has 1 aliphatic heterocycles. The number of piperazine rings is 1. The summed E-state index contributed by atoms with van der Waals surface area (Å²) in [4.78, 5) is 6.91. The van der Waals surface area contributed by atoms with Crippen LogP contribution in [0.25, 0.3) is 0 Å². The molecule has 1 aromatic heterocycles. The van der Waals surface area contributed by atoms with Gasteiger partial charge in [-0.15, -0.1) is 0 Å². The molecule has 0 spiro atoms. The molecule has 1 aliphatic rings. The Morgan fingerprint density at radius 2 is 1.44 bits per heavy atom. The van der Waals surface area contributed by atoms with Gasteiger partial charge in [0, 0.05) is 50.1 Å². The van der Waals surface area contributed by atoms with Gasteiger partial charge in [0.2, 0.25) is 0 Å². The first-order chi connectivity index (χ1) is 15.8. The van der Waals surface area contributed by atoms with Crippen LogP contribution in [0.1, 0.15) is 22.3 Å². The first kappa shape index (κ1) is 21.0. The van der Waals surface area contributed by atoms with Gasteiger partial charge in [-0.3, -0.25) is 4.90 Å². The van der Waals surface area contributed by atoms with Crippen LogP contribution in [0.5, 0.6) is 0 Å². The average molecular weight is 443 g/mol. The first-order valence-corrected chi connectivity index (χ1v) is 11.5. The Morgan fingerprint density at radius 1 is 0.812 bits per heavy atom. The Bertz CT molecular complexity index is 1120. The van der Waals surface area contributed by atoms with Gasteiger partial charge in [0.25, 0.3) is 0 Å². The number of imidazole rings is 1. The van der Waals surface area contributed by atoms with Gasteiger partial charge in [-0.25, -0.2) is 4.98 Å². The van der Waals surface area contributed by atoms with E-state index in [-0.39, 0.29) is 0 Å². The maximum atomic E-state index is 6.26. The summed E-state index contributed by atoms with van der Waals surface area (Å²) in [7, 11) is 0. The minimum absolute atomic E-state index is 0.546. The van der Waals surface area contributed by atoms with E-state index >= 15 is 0 Å². The summed E-state index contributed by atoms with van der Waals surface area (Å²) >= 11 is 6.26. The number of halogens is 1. The summed E-state index contributed by atoms with van der Waals surface area (Å²) in [5.41, 5.74) is 4.29. The summed E-state index contributed by atoms with van der Waals surface area (Å²) in [6.45, 7) is 5.29. The Hall–Kier alpha value is -2.92. The lowest BCUT2D eigenvalue weighted by Gasteiger charge is -2.37. The minimum atomic E-state index is -0.546. The molecule has 1 N–H and O–H groups in total. The molecule has 0 amide bonds. The third-order valence-electron chi connectivity index (χ3n) is 6.33. The van der Waals surface area contributed by atoms with Gasteiger partial charge in [0.1, 0.15) is 5.54 Å². The molecule has 162 valence electrons. The quantitative estimate of drug-likeness (QED) is 0.436. The highest BCUT2D eigenvalue weighted by molar-refractivity contribution is 6.30. The molecule has 2 heterocycles. The maximum absolute atomic E-state index is 6.26. The minimum Gasteiger partial charge on any atom is -0.319 e. The van der Waals surface area contributed by atoms with Crippen LogP contribution in [-0.2, 0) is 12.1 Å². The van der Waals surface area contributed by atoms with E-state index in [9.17, 15) is 0 Å². The molecule has 3 aromatic carbocycles. The van der Waals surface area contributed by atoms with E-state index in [1.54, 1.807) is 0 Å². The normalized spacial score (nSPS) is 16.5. The van der Waals surface area contributed by atoms with Gasteiger partial charge >= 0.3 is 0 Å². The molecular formula is C27H27ClN4. The van der Waals surface area contributed by atoms with Crippen molar-refractivity contribution >= 4 is 11.6 Å². The topological polar surface area (TPSA) is 33.1 Å². The summed E-state index contributed by atoms with van der Waals surface area (Å²) in [5.74, 6) is 0. The fourth-order valence-corrected chi connectivity index (χ4v) is 4.88. The third-order valence-corrected chi connectivity index (χ3v) is 6.58. The molecule has 4 nitrogen and oxygen atoms in total. The Labute approximate surface area is 194 Å². The second-order valence-electron chi connectivity index (χ2n) is 8.28. The van der Waals surface area contributed by atoms with E-state index in [1.807, 2.05) is 30.9 Å². The number of aromatic nitrogens is 2. The van der Waals surface area contributed by atoms with Crippen molar-refractivity contribution in [2.45, 2.75) is 12.1 Å². The maximum Gasteiger partial charge on any atom is 0.121 e. The second kappa shape index (κ2) is 9.29. The molecule has 0 radical (unpaired) electrons. The van der Waals surface area contributed by atoms with Crippen LogP contribution in [0.15, 0.2) is 97.6 Å².